The molecule has 1 N–H and O–H groups in total. The van der Waals surface area contributed by atoms with Crippen molar-refractivity contribution in [3.05, 3.63) is 41.2 Å². The number of nitrogens with one attached hydrogen (secondary N) is 1. The maximum absolute atomic E-state index is 12.3. The van der Waals surface area contributed by atoms with E-state index in [1.165, 1.54) is 18.7 Å². The predicted octanol–water partition coefficient (Wildman–Crippen LogP) is 3.98. The van der Waals surface area contributed by atoms with Crippen LogP contribution in [0.25, 0.3) is 0 Å². The summed E-state index contributed by atoms with van der Waals surface area (Å²) in [5, 5.41) is 12.1. The second kappa shape index (κ2) is 6.65. The molecule has 0 radical (unpaired) electrons. The number of hydrogen-bond acceptors (Lipinski definition) is 6. The van der Waals surface area contributed by atoms with E-state index in [1.807, 2.05) is 0 Å². The van der Waals surface area contributed by atoms with Crippen molar-refractivity contribution in [3.8, 4) is 0 Å². The number of fused-ring (bicyclic) bond motifs is 5. The molecule has 1 fully saturated rings. The molecule has 4 rings (SSSR count). The van der Waals surface area contributed by atoms with Gasteiger partial charge in [-0.1, -0.05) is 44.7 Å². The summed E-state index contributed by atoms with van der Waals surface area (Å²) in [6.07, 6.45) is 2.26. The molecular weight excluding hydrogens is 372 g/mol. The highest BCUT2D eigenvalue weighted by molar-refractivity contribution is 7.99. The number of thioether (sulfide) groups is 1. The molecule has 1 amide bonds. The molecule has 2 aliphatic carbocycles. The maximum atomic E-state index is 12.3. The highest BCUT2D eigenvalue weighted by Crippen LogP contribution is 2.66. The minimum Gasteiger partial charge on any atom is -0.325 e. The number of amides is 1. The molecular formula is C21H24N4O2S. The van der Waals surface area contributed by atoms with Crippen molar-refractivity contribution < 1.29 is 9.59 Å². The number of anilines is 1. The second-order valence-electron chi connectivity index (χ2n) is 8.45. The predicted molar refractivity (Wildman–Crippen MR) is 109 cm³/mol. The van der Waals surface area contributed by atoms with E-state index >= 15 is 0 Å². The number of nitrogens with zero attached hydrogens (tertiary/aromatic N) is 3. The molecule has 2 aliphatic rings. The Morgan fingerprint density at radius 2 is 2.04 bits per heavy atom. The zero-order valence-electron chi connectivity index (χ0n) is 16.6. The number of ketones is 1. The normalized spacial score (nSPS) is 24.1. The van der Waals surface area contributed by atoms with Gasteiger partial charge in [-0.25, -0.2) is 4.98 Å². The van der Waals surface area contributed by atoms with E-state index in [9.17, 15) is 9.59 Å². The Balaban J connectivity index is 1.44. The Morgan fingerprint density at radius 3 is 2.79 bits per heavy atom. The molecule has 2 aromatic rings. The fraction of sp³-hybridized carbons (Fsp3) is 0.476. The van der Waals surface area contributed by atoms with Gasteiger partial charge in [0.15, 0.2) is 5.78 Å². The summed E-state index contributed by atoms with van der Waals surface area (Å²) in [6.45, 7) is 8.37. The number of aromatic nitrogens is 3. The number of carbonyl (C=O) groups is 2. The monoisotopic (exact) mass is 396 g/mol. The Bertz CT molecular complexity index is 975. The topological polar surface area (TPSA) is 84.8 Å². The van der Waals surface area contributed by atoms with Crippen LogP contribution in [0.3, 0.4) is 0 Å². The molecule has 2 atom stereocenters. The molecule has 1 saturated carbocycles. The van der Waals surface area contributed by atoms with Crippen LogP contribution in [0, 0.1) is 5.41 Å². The number of hydrogen-bond donors (Lipinski definition) is 1. The number of rotatable bonds is 5. The van der Waals surface area contributed by atoms with Crippen molar-refractivity contribution in [2.75, 3.05) is 11.1 Å². The summed E-state index contributed by atoms with van der Waals surface area (Å²) in [4.78, 5) is 28.6. The third kappa shape index (κ3) is 2.92. The summed E-state index contributed by atoms with van der Waals surface area (Å²) >= 11 is 1.29. The quantitative estimate of drug-likeness (QED) is 0.608. The van der Waals surface area contributed by atoms with E-state index in [0.717, 1.165) is 24.2 Å². The van der Waals surface area contributed by atoms with E-state index in [4.69, 9.17) is 4.98 Å². The van der Waals surface area contributed by atoms with Crippen LogP contribution >= 0.6 is 11.8 Å². The van der Waals surface area contributed by atoms with Gasteiger partial charge in [-0.05, 0) is 37.3 Å². The SMILES string of the molecule is CC(=O)c1cccc(NC(=O)CSc2nnc3c(n2)[C@@]2(C)CC[C@@H]3C2(C)C)c1. The number of benzene rings is 1. The van der Waals surface area contributed by atoms with Gasteiger partial charge in [0.25, 0.3) is 0 Å². The second-order valence-corrected chi connectivity index (χ2v) is 9.39. The van der Waals surface area contributed by atoms with Gasteiger partial charge >= 0.3 is 0 Å². The highest BCUT2D eigenvalue weighted by Gasteiger charge is 2.61. The van der Waals surface area contributed by atoms with Crippen LogP contribution in [-0.4, -0.2) is 32.6 Å². The van der Waals surface area contributed by atoms with Crippen molar-refractivity contribution in [2.45, 2.75) is 57.0 Å². The summed E-state index contributed by atoms with van der Waals surface area (Å²) in [5.74, 6) is 0.411. The molecule has 1 aromatic heterocycles. The third-order valence-electron chi connectivity index (χ3n) is 6.66. The summed E-state index contributed by atoms with van der Waals surface area (Å²) < 4.78 is 0. The van der Waals surface area contributed by atoms with Gasteiger partial charge in [-0.2, -0.15) is 5.10 Å². The van der Waals surface area contributed by atoms with Crippen LogP contribution in [0.15, 0.2) is 29.4 Å². The van der Waals surface area contributed by atoms with Gasteiger partial charge in [0.05, 0.1) is 17.1 Å². The van der Waals surface area contributed by atoms with E-state index < -0.39 is 0 Å². The molecule has 0 spiro atoms. The molecule has 0 saturated heterocycles. The van der Waals surface area contributed by atoms with E-state index in [2.05, 4.69) is 36.3 Å². The lowest BCUT2D eigenvalue weighted by Crippen LogP contribution is -2.32. The lowest BCUT2D eigenvalue weighted by Gasteiger charge is -2.33. The maximum Gasteiger partial charge on any atom is 0.234 e. The van der Waals surface area contributed by atoms with Crippen molar-refractivity contribution >= 4 is 29.1 Å². The van der Waals surface area contributed by atoms with Gasteiger partial charge in [0, 0.05) is 22.6 Å². The first-order valence-electron chi connectivity index (χ1n) is 9.51. The molecule has 0 aliphatic heterocycles. The first kappa shape index (κ1) is 19.1. The van der Waals surface area contributed by atoms with Crippen molar-refractivity contribution in [2.24, 2.45) is 5.41 Å². The van der Waals surface area contributed by atoms with Crippen molar-refractivity contribution in [1.82, 2.24) is 15.2 Å². The first-order valence-corrected chi connectivity index (χ1v) is 10.5. The minimum atomic E-state index is -0.164. The van der Waals surface area contributed by atoms with Crippen LogP contribution in [0.1, 0.15) is 68.2 Å². The van der Waals surface area contributed by atoms with E-state index in [1.54, 1.807) is 24.3 Å². The average Bonchev–Trinajstić information content (AvgIpc) is 2.99. The van der Waals surface area contributed by atoms with Gasteiger partial charge in [0.2, 0.25) is 11.1 Å². The van der Waals surface area contributed by atoms with Crippen molar-refractivity contribution in [3.63, 3.8) is 0 Å². The van der Waals surface area contributed by atoms with Gasteiger partial charge in [-0.15, -0.1) is 5.10 Å². The Hall–Kier alpha value is -2.28. The largest absolute Gasteiger partial charge is 0.325 e. The first-order chi connectivity index (χ1) is 13.2. The smallest absolute Gasteiger partial charge is 0.234 e. The fourth-order valence-electron chi connectivity index (χ4n) is 4.57. The van der Waals surface area contributed by atoms with E-state index in [-0.39, 0.29) is 28.3 Å². The fourth-order valence-corrected chi connectivity index (χ4v) is 5.15. The number of Topliss-reactive ketones (excluding diaryl/α,β-unsaturated/α-hetero) is 1. The zero-order chi connectivity index (χ0) is 20.1. The Labute approximate surface area is 168 Å². The van der Waals surface area contributed by atoms with Crippen LogP contribution in [0.5, 0.6) is 0 Å². The third-order valence-corrected chi connectivity index (χ3v) is 7.50. The summed E-state index contributed by atoms with van der Waals surface area (Å²) in [7, 11) is 0. The molecule has 28 heavy (non-hydrogen) atoms. The van der Waals surface area contributed by atoms with Gasteiger partial charge in [0.1, 0.15) is 0 Å². The molecule has 2 bridgehead atoms. The lowest BCUT2D eigenvalue weighted by atomic mass is 9.70. The average molecular weight is 397 g/mol. The van der Waals surface area contributed by atoms with E-state index in [0.29, 0.717) is 22.3 Å². The van der Waals surface area contributed by atoms with Crippen LogP contribution in [0.2, 0.25) is 0 Å². The standard InChI is InChI=1S/C21H24N4O2S/c1-12(26)13-6-5-7-14(10-13)22-16(27)11-28-19-23-18-17(24-25-19)15-8-9-21(18,4)20(15,2)3/h5-7,10,15H,8-9,11H2,1-4H3,(H,22,27)/t15-,21+/m0/s1. The molecule has 0 unspecified atom stereocenters. The molecule has 146 valence electrons. The lowest BCUT2D eigenvalue weighted by molar-refractivity contribution is -0.113. The van der Waals surface area contributed by atoms with Crippen LogP contribution in [-0.2, 0) is 10.2 Å². The Morgan fingerprint density at radius 1 is 1.25 bits per heavy atom. The summed E-state index contributed by atoms with van der Waals surface area (Å²) in [5.41, 5.74) is 3.43. The number of carbonyl (C=O) groups excluding carboxylic acids is 2. The van der Waals surface area contributed by atoms with Gasteiger partial charge < -0.3 is 5.32 Å². The highest BCUT2D eigenvalue weighted by atomic mass is 32.2. The molecule has 1 heterocycles. The molecule has 6 nitrogen and oxygen atoms in total. The van der Waals surface area contributed by atoms with Crippen LogP contribution < -0.4 is 5.32 Å². The van der Waals surface area contributed by atoms with Gasteiger partial charge in [-0.3, -0.25) is 9.59 Å². The van der Waals surface area contributed by atoms with Crippen LogP contribution in [0.4, 0.5) is 5.69 Å². The minimum absolute atomic E-state index is 0.0215. The molecule has 7 heteroatoms. The van der Waals surface area contributed by atoms with Crippen molar-refractivity contribution in [1.29, 1.82) is 0 Å². The molecule has 1 aromatic carbocycles. The summed E-state index contributed by atoms with van der Waals surface area (Å²) in [6, 6.07) is 6.93. The zero-order valence-corrected chi connectivity index (χ0v) is 17.4. The Kier molecular flexibility index (Phi) is 4.53.